The van der Waals surface area contributed by atoms with Crippen molar-refractivity contribution in [3.05, 3.63) is 22.4 Å². The molecule has 1 saturated heterocycles. The van der Waals surface area contributed by atoms with Crippen LogP contribution >= 0.6 is 11.3 Å². The molecule has 1 aliphatic rings. The number of thiophene rings is 1. The van der Waals surface area contributed by atoms with Gasteiger partial charge in [0.05, 0.1) is 0 Å². The summed E-state index contributed by atoms with van der Waals surface area (Å²) in [5.41, 5.74) is 1.31. The topological polar surface area (TPSA) is 39.7 Å². The molecule has 2 N–H and O–H groups in total. The van der Waals surface area contributed by atoms with E-state index in [0.717, 1.165) is 19.0 Å². The van der Waals surface area contributed by atoms with E-state index in [2.05, 4.69) is 51.2 Å². The molecule has 0 bridgehead atoms. The van der Waals surface area contributed by atoms with Crippen molar-refractivity contribution in [3.8, 4) is 0 Å². The van der Waals surface area contributed by atoms with Crippen LogP contribution in [0, 0.1) is 0 Å². The Labute approximate surface area is 132 Å². The van der Waals surface area contributed by atoms with Gasteiger partial charge in [-0.1, -0.05) is 6.42 Å². The molecule has 2 rings (SSSR count). The maximum atomic E-state index is 4.30. The molecule has 1 aliphatic heterocycles. The number of nitrogens with one attached hydrogen (secondary N) is 2. The van der Waals surface area contributed by atoms with Crippen molar-refractivity contribution in [2.24, 2.45) is 4.99 Å². The zero-order valence-corrected chi connectivity index (χ0v) is 14.2. The minimum Gasteiger partial charge on any atom is -0.355 e. The Bertz CT molecular complexity index is 429. The van der Waals surface area contributed by atoms with Gasteiger partial charge < -0.3 is 10.6 Å². The van der Waals surface area contributed by atoms with Crippen LogP contribution in [0.2, 0.25) is 0 Å². The fourth-order valence-electron chi connectivity index (χ4n) is 2.94. The summed E-state index contributed by atoms with van der Waals surface area (Å²) in [6, 6.07) is 3.39. The second-order valence-electron chi connectivity index (χ2n) is 5.87. The molecule has 0 aromatic carbocycles. The van der Waals surface area contributed by atoms with E-state index < -0.39 is 0 Å². The van der Waals surface area contributed by atoms with Crippen LogP contribution in [0.15, 0.2) is 21.8 Å². The minimum absolute atomic E-state index is 0.542. The van der Waals surface area contributed by atoms with Crippen molar-refractivity contribution in [1.29, 1.82) is 0 Å². The first-order chi connectivity index (χ1) is 10.2. The van der Waals surface area contributed by atoms with E-state index in [1.54, 1.807) is 11.3 Å². The van der Waals surface area contributed by atoms with Crippen LogP contribution in [-0.4, -0.2) is 43.1 Å². The predicted octanol–water partition coefficient (Wildman–Crippen LogP) is 2.68. The van der Waals surface area contributed by atoms with Gasteiger partial charge >= 0.3 is 0 Å². The maximum Gasteiger partial charge on any atom is 0.191 e. The molecule has 118 valence electrons. The van der Waals surface area contributed by atoms with E-state index in [1.165, 1.54) is 31.4 Å². The molecule has 0 saturated carbocycles. The van der Waals surface area contributed by atoms with Gasteiger partial charge in [-0.05, 0) is 55.6 Å². The molecule has 21 heavy (non-hydrogen) atoms. The molecule has 0 radical (unpaired) electrons. The van der Waals surface area contributed by atoms with Crippen LogP contribution in [0.1, 0.15) is 38.7 Å². The van der Waals surface area contributed by atoms with Crippen LogP contribution in [0.25, 0.3) is 0 Å². The largest absolute Gasteiger partial charge is 0.355 e. The zero-order chi connectivity index (χ0) is 15.1. The first kappa shape index (κ1) is 16.3. The summed E-state index contributed by atoms with van der Waals surface area (Å²) in [4.78, 5) is 6.92. The molecule has 0 amide bonds. The predicted molar refractivity (Wildman–Crippen MR) is 92.0 cm³/mol. The first-order valence-corrected chi connectivity index (χ1v) is 8.86. The maximum absolute atomic E-state index is 4.30. The molecule has 0 aliphatic carbocycles. The number of piperidine rings is 1. The number of hydrogen-bond acceptors (Lipinski definition) is 3. The fourth-order valence-corrected chi connectivity index (χ4v) is 3.61. The summed E-state index contributed by atoms with van der Waals surface area (Å²) in [5.74, 6) is 0.887. The molecular formula is C16H28N4S. The second-order valence-corrected chi connectivity index (χ2v) is 6.65. The summed E-state index contributed by atoms with van der Waals surface area (Å²) >= 11 is 1.73. The molecule has 1 aromatic rings. The van der Waals surface area contributed by atoms with Crippen molar-refractivity contribution >= 4 is 17.3 Å². The van der Waals surface area contributed by atoms with E-state index in [4.69, 9.17) is 0 Å². The average molecular weight is 308 g/mol. The Kier molecular flexibility index (Phi) is 6.51. The SMILES string of the molecule is CN=C(NCc1ccsc1)NCC(C)N1CCCCC1C. The standard InChI is InChI=1S/C16H28N4S/c1-13-6-4-5-8-20(13)14(2)10-18-16(17-3)19-11-15-7-9-21-12-15/h7,9,12-14H,4-6,8,10-11H2,1-3H3,(H2,17,18,19). The Morgan fingerprint density at radius 3 is 3.00 bits per heavy atom. The molecule has 1 fully saturated rings. The quantitative estimate of drug-likeness (QED) is 0.649. The molecular weight excluding hydrogens is 280 g/mol. The summed E-state index contributed by atoms with van der Waals surface area (Å²) in [5, 5.41) is 11.1. The van der Waals surface area contributed by atoms with E-state index in [0.29, 0.717) is 12.1 Å². The van der Waals surface area contributed by atoms with Gasteiger partial charge in [0.2, 0.25) is 0 Å². The van der Waals surface area contributed by atoms with Crippen molar-refractivity contribution in [2.45, 2.75) is 51.7 Å². The Morgan fingerprint density at radius 2 is 2.33 bits per heavy atom. The van der Waals surface area contributed by atoms with Crippen LogP contribution in [0.3, 0.4) is 0 Å². The Balaban J connectivity index is 1.74. The summed E-state index contributed by atoms with van der Waals surface area (Å²) in [6.45, 7) is 7.65. The summed E-state index contributed by atoms with van der Waals surface area (Å²) in [7, 11) is 1.83. The molecule has 2 unspecified atom stereocenters. The third-order valence-corrected chi connectivity index (χ3v) is 4.98. The fraction of sp³-hybridized carbons (Fsp3) is 0.688. The lowest BCUT2D eigenvalue weighted by Gasteiger charge is -2.38. The molecule has 1 aromatic heterocycles. The number of likely N-dealkylation sites (tertiary alicyclic amines) is 1. The molecule has 0 spiro atoms. The van der Waals surface area contributed by atoms with Gasteiger partial charge in [-0.15, -0.1) is 0 Å². The highest BCUT2D eigenvalue weighted by molar-refractivity contribution is 7.07. The van der Waals surface area contributed by atoms with Gasteiger partial charge in [0.15, 0.2) is 5.96 Å². The second kappa shape index (κ2) is 8.39. The number of nitrogens with zero attached hydrogens (tertiary/aromatic N) is 2. The number of aliphatic imine (C=N–C) groups is 1. The van der Waals surface area contributed by atoms with E-state index in [-0.39, 0.29) is 0 Å². The van der Waals surface area contributed by atoms with Crippen molar-refractivity contribution in [1.82, 2.24) is 15.5 Å². The number of rotatable bonds is 5. The van der Waals surface area contributed by atoms with Crippen LogP contribution < -0.4 is 10.6 Å². The number of hydrogen-bond donors (Lipinski definition) is 2. The molecule has 5 heteroatoms. The normalized spacial score (nSPS) is 22.0. The van der Waals surface area contributed by atoms with Crippen LogP contribution in [0.5, 0.6) is 0 Å². The van der Waals surface area contributed by atoms with Gasteiger partial charge in [0.1, 0.15) is 0 Å². The van der Waals surface area contributed by atoms with Gasteiger partial charge in [-0.2, -0.15) is 11.3 Å². The highest BCUT2D eigenvalue weighted by Gasteiger charge is 2.22. The average Bonchev–Trinajstić information content (AvgIpc) is 3.01. The molecule has 2 heterocycles. The molecule has 2 atom stereocenters. The van der Waals surface area contributed by atoms with Crippen molar-refractivity contribution < 1.29 is 0 Å². The zero-order valence-electron chi connectivity index (χ0n) is 13.4. The minimum atomic E-state index is 0.542. The van der Waals surface area contributed by atoms with E-state index in [1.807, 2.05) is 7.05 Å². The summed E-state index contributed by atoms with van der Waals surface area (Å²) < 4.78 is 0. The molecule has 4 nitrogen and oxygen atoms in total. The highest BCUT2D eigenvalue weighted by Crippen LogP contribution is 2.18. The third-order valence-electron chi connectivity index (χ3n) is 4.25. The van der Waals surface area contributed by atoms with Crippen LogP contribution in [0.4, 0.5) is 0 Å². The van der Waals surface area contributed by atoms with Crippen molar-refractivity contribution in [2.75, 3.05) is 20.1 Å². The lowest BCUT2D eigenvalue weighted by atomic mass is 10.0. The monoisotopic (exact) mass is 308 g/mol. The van der Waals surface area contributed by atoms with Gasteiger partial charge in [0.25, 0.3) is 0 Å². The number of guanidine groups is 1. The van der Waals surface area contributed by atoms with Gasteiger partial charge in [-0.3, -0.25) is 9.89 Å². The summed E-state index contributed by atoms with van der Waals surface area (Å²) in [6.07, 6.45) is 4.04. The van der Waals surface area contributed by atoms with E-state index in [9.17, 15) is 0 Å². The van der Waals surface area contributed by atoms with Gasteiger partial charge in [0, 0.05) is 32.2 Å². The first-order valence-electron chi connectivity index (χ1n) is 7.92. The van der Waals surface area contributed by atoms with E-state index >= 15 is 0 Å². The van der Waals surface area contributed by atoms with Gasteiger partial charge in [-0.25, -0.2) is 0 Å². The lowest BCUT2D eigenvalue weighted by molar-refractivity contribution is 0.115. The lowest BCUT2D eigenvalue weighted by Crippen LogP contribution is -2.50. The Hall–Kier alpha value is -1.07. The third kappa shape index (κ3) is 5.00. The highest BCUT2D eigenvalue weighted by atomic mass is 32.1. The van der Waals surface area contributed by atoms with Crippen molar-refractivity contribution in [3.63, 3.8) is 0 Å². The Morgan fingerprint density at radius 1 is 1.48 bits per heavy atom. The smallest absolute Gasteiger partial charge is 0.191 e. The van der Waals surface area contributed by atoms with Crippen LogP contribution in [-0.2, 0) is 6.54 Å².